The molecular formula is C22H24N4O10S2+2. The molecule has 38 heavy (non-hydrogen) atoms. The highest BCUT2D eigenvalue weighted by Crippen LogP contribution is 2.40. The van der Waals surface area contributed by atoms with E-state index < -0.39 is 33.2 Å². The molecule has 0 saturated carbocycles. The molecule has 0 aliphatic rings. The van der Waals surface area contributed by atoms with Gasteiger partial charge < -0.3 is 18.9 Å². The Morgan fingerprint density at radius 2 is 1.13 bits per heavy atom. The molecule has 4 N–H and O–H groups in total. The minimum absolute atomic E-state index is 0.114. The molecule has 0 aliphatic heterocycles. The van der Waals surface area contributed by atoms with Crippen LogP contribution in [0.5, 0.6) is 0 Å². The topological polar surface area (TPSA) is 209 Å². The first kappa shape index (κ1) is 30.0. The summed E-state index contributed by atoms with van der Waals surface area (Å²) in [5.41, 5.74) is -1.42. The number of nitro benzene ring substituents is 2. The molecule has 2 rings (SSSR count). The zero-order chi connectivity index (χ0) is 28.2. The normalized spacial score (nSPS) is 10.3. The number of nitrogens with zero attached hydrogens (tertiary/aromatic N) is 2. The highest BCUT2D eigenvalue weighted by atomic mass is 33.1. The largest absolute Gasteiger partial charge is 0.461 e. The van der Waals surface area contributed by atoms with Crippen molar-refractivity contribution in [3.8, 4) is 0 Å². The van der Waals surface area contributed by atoms with Crippen LogP contribution in [0.3, 0.4) is 0 Å². The lowest BCUT2D eigenvalue weighted by atomic mass is 10.2. The molecule has 0 amide bonds. The number of carbonyl (C=O) groups excluding carboxylic acids is 2. The Hall–Kier alpha value is -4.18. The van der Waals surface area contributed by atoms with Crippen LogP contribution in [0.15, 0.2) is 46.2 Å². The van der Waals surface area contributed by atoms with Crippen LogP contribution in [-0.2, 0) is 18.9 Å². The van der Waals surface area contributed by atoms with Crippen molar-refractivity contribution in [2.24, 2.45) is 0 Å². The summed E-state index contributed by atoms with van der Waals surface area (Å²) >= 11 is 0. The third-order valence-electron chi connectivity index (χ3n) is 4.69. The molecule has 0 saturated heterocycles. The average molecular weight is 569 g/mol. The van der Waals surface area contributed by atoms with E-state index in [0.29, 0.717) is 9.79 Å². The molecule has 0 fully saturated rings. The van der Waals surface area contributed by atoms with Gasteiger partial charge in [0.1, 0.15) is 37.2 Å². The van der Waals surface area contributed by atoms with Crippen molar-refractivity contribution >= 4 is 56.7 Å². The summed E-state index contributed by atoms with van der Waals surface area (Å²) in [6.07, 6.45) is 0.229. The summed E-state index contributed by atoms with van der Waals surface area (Å²) in [6, 6.07) is 7.77. The van der Waals surface area contributed by atoms with Gasteiger partial charge in [-0.2, -0.15) is 0 Å². The number of rotatable bonds is 13. The first-order chi connectivity index (χ1) is 18.1. The first-order valence-corrected chi connectivity index (χ1v) is 12.8. The maximum atomic E-state index is 12.5. The van der Waals surface area contributed by atoms with E-state index in [1.807, 2.05) is 0 Å². The van der Waals surface area contributed by atoms with E-state index in [0.717, 1.165) is 33.7 Å². The van der Waals surface area contributed by atoms with Gasteiger partial charge in [0.2, 0.25) is 0 Å². The number of hydrogen-bond donors (Lipinski definition) is 2. The van der Waals surface area contributed by atoms with Crippen molar-refractivity contribution in [3.05, 3.63) is 67.8 Å². The maximum absolute atomic E-state index is 12.5. The monoisotopic (exact) mass is 568 g/mol. The molecule has 0 radical (unpaired) electrons. The van der Waals surface area contributed by atoms with Crippen molar-refractivity contribution in [3.63, 3.8) is 0 Å². The number of nitrogens with two attached hydrogens (primary N) is 2. The number of hydrogen-bond acceptors (Lipinski definition) is 12. The molecule has 0 spiro atoms. The molecule has 2 aromatic rings. The minimum atomic E-state index is -0.917. The van der Waals surface area contributed by atoms with Crippen LogP contribution in [0, 0.1) is 20.2 Å². The molecule has 202 valence electrons. The van der Waals surface area contributed by atoms with E-state index in [4.69, 9.17) is 29.8 Å². The fraction of sp³-hybridized carbons (Fsp3) is 0.273. The lowest BCUT2D eigenvalue weighted by Crippen LogP contribution is -2.41. The highest BCUT2D eigenvalue weighted by Gasteiger charge is 2.24. The molecule has 0 heterocycles. The van der Waals surface area contributed by atoms with Crippen LogP contribution in [0.2, 0.25) is 0 Å². The first-order valence-electron chi connectivity index (χ1n) is 10.6. The van der Waals surface area contributed by atoms with Crippen molar-refractivity contribution in [1.29, 1.82) is 0 Å². The van der Waals surface area contributed by atoms with E-state index in [9.17, 15) is 29.8 Å². The summed E-state index contributed by atoms with van der Waals surface area (Å²) in [5, 5.41) is 33.8. The summed E-state index contributed by atoms with van der Waals surface area (Å²) in [4.78, 5) is 47.2. The highest BCUT2D eigenvalue weighted by molar-refractivity contribution is 8.76. The van der Waals surface area contributed by atoms with Crippen molar-refractivity contribution in [1.82, 2.24) is 0 Å². The van der Waals surface area contributed by atoms with Gasteiger partial charge in [-0.15, -0.1) is 0 Å². The Kier molecular flexibility index (Phi) is 11.5. The van der Waals surface area contributed by atoms with Gasteiger partial charge in [-0.1, -0.05) is 21.6 Å². The zero-order valence-corrected chi connectivity index (χ0v) is 21.9. The Bertz CT molecular complexity index is 1160. The van der Waals surface area contributed by atoms with Gasteiger partial charge in [0.05, 0.1) is 24.1 Å². The molecular weight excluding hydrogens is 544 g/mol. The van der Waals surface area contributed by atoms with E-state index in [1.165, 1.54) is 38.5 Å². The SMILES string of the molecule is COC(=[NH2+])CCOC(=O)c1cc(SSc2ccc([N+](=O)[O-])c(C(=O)OCCC(=[NH2+])OC)c2)ccc1[N+](=O)[O-]. The standard InChI is InChI=1S/C22H22N4O10S2/c1-33-19(23)7-9-35-21(27)15-11-13(3-5-17(15)25(29)30)37-38-14-4-6-18(26(31)32)16(12-14)22(28)36-10-8-20(24)34-2/h3-6,11-12,23-24H,7-10H2,1-2H3/p+2. The van der Waals surface area contributed by atoms with E-state index in [-0.39, 0.29) is 49.0 Å². The Morgan fingerprint density at radius 3 is 1.45 bits per heavy atom. The van der Waals surface area contributed by atoms with Crippen LogP contribution in [0.4, 0.5) is 11.4 Å². The van der Waals surface area contributed by atoms with Crippen LogP contribution < -0.4 is 10.8 Å². The molecule has 2 aromatic carbocycles. The summed E-state index contributed by atoms with van der Waals surface area (Å²) < 4.78 is 19.7. The van der Waals surface area contributed by atoms with Gasteiger partial charge in [0, 0.05) is 21.9 Å². The molecule has 0 aromatic heterocycles. The summed E-state index contributed by atoms with van der Waals surface area (Å²) in [5.74, 6) is -1.56. The molecule has 14 nitrogen and oxygen atoms in total. The van der Waals surface area contributed by atoms with E-state index in [2.05, 4.69) is 0 Å². The second-order valence-corrected chi connectivity index (χ2v) is 9.43. The van der Waals surface area contributed by atoms with Gasteiger partial charge >= 0.3 is 23.7 Å². The third-order valence-corrected chi connectivity index (χ3v) is 7.07. The van der Waals surface area contributed by atoms with Crippen LogP contribution >= 0.6 is 21.6 Å². The van der Waals surface area contributed by atoms with Crippen molar-refractivity contribution in [2.75, 3.05) is 27.4 Å². The van der Waals surface area contributed by atoms with E-state index >= 15 is 0 Å². The average Bonchev–Trinajstić information content (AvgIpc) is 2.90. The molecule has 0 atom stereocenters. The number of esters is 2. The predicted octanol–water partition coefficient (Wildman–Crippen LogP) is 1.00. The summed E-state index contributed by atoms with van der Waals surface area (Å²) in [6.45, 7) is -0.279. The lowest BCUT2D eigenvalue weighted by Gasteiger charge is -2.08. The fourth-order valence-electron chi connectivity index (χ4n) is 2.72. The Morgan fingerprint density at radius 1 is 0.763 bits per heavy atom. The number of ether oxygens (including phenoxy) is 4. The number of methoxy groups -OCH3 is 2. The number of benzene rings is 2. The van der Waals surface area contributed by atoms with Crippen molar-refractivity contribution < 1.29 is 49.2 Å². The Balaban J connectivity index is 2.18. The molecule has 16 heteroatoms. The predicted molar refractivity (Wildman–Crippen MR) is 136 cm³/mol. The number of nitro groups is 2. The summed E-state index contributed by atoms with van der Waals surface area (Å²) in [7, 11) is 4.91. The zero-order valence-electron chi connectivity index (χ0n) is 20.2. The second-order valence-electron chi connectivity index (χ2n) is 7.15. The van der Waals surface area contributed by atoms with E-state index in [1.54, 1.807) is 0 Å². The lowest BCUT2D eigenvalue weighted by molar-refractivity contribution is -0.385. The smallest absolute Gasteiger partial charge is 0.345 e. The van der Waals surface area contributed by atoms with Gasteiger partial charge in [-0.05, 0) is 24.3 Å². The van der Waals surface area contributed by atoms with Crippen LogP contribution in [-0.4, -0.2) is 61.0 Å². The molecule has 0 unspecified atom stereocenters. The second kappa shape index (κ2) is 14.5. The fourth-order valence-corrected chi connectivity index (χ4v) is 4.69. The molecule has 0 bridgehead atoms. The van der Waals surface area contributed by atoms with Crippen molar-refractivity contribution in [2.45, 2.75) is 22.6 Å². The quantitative estimate of drug-likeness (QED) is 0.0866. The van der Waals surface area contributed by atoms with Crippen LogP contribution in [0.1, 0.15) is 33.6 Å². The molecule has 0 aliphatic carbocycles. The Labute approximate surface area is 223 Å². The third kappa shape index (κ3) is 8.74. The van der Waals surface area contributed by atoms with Gasteiger partial charge in [-0.25, -0.2) is 20.4 Å². The van der Waals surface area contributed by atoms with Gasteiger partial charge in [0.25, 0.3) is 11.4 Å². The minimum Gasteiger partial charge on any atom is -0.461 e. The van der Waals surface area contributed by atoms with Gasteiger partial charge in [0.15, 0.2) is 0 Å². The number of carbonyl (C=O) groups is 2. The van der Waals surface area contributed by atoms with Crippen LogP contribution in [0.25, 0.3) is 0 Å². The maximum Gasteiger partial charge on any atom is 0.345 e. The van der Waals surface area contributed by atoms with Gasteiger partial charge in [-0.3, -0.25) is 20.2 Å².